The third-order valence-corrected chi connectivity index (χ3v) is 4.00. The Morgan fingerprint density at radius 3 is 2.50 bits per heavy atom. The van der Waals surface area contributed by atoms with Crippen molar-refractivity contribution in [2.45, 2.75) is 58.1 Å². The summed E-state index contributed by atoms with van der Waals surface area (Å²) in [6.45, 7) is 5.77. The molecule has 1 aliphatic heterocycles. The van der Waals surface area contributed by atoms with Crippen LogP contribution < -0.4 is 0 Å². The number of piperidine rings is 1. The second-order valence-electron chi connectivity index (χ2n) is 5.30. The third-order valence-electron chi connectivity index (χ3n) is 4.00. The molecule has 0 radical (unpaired) electrons. The second kappa shape index (κ2) is 7.74. The van der Waals surface area contributed by atoms with E-state index >= 15 is 0 Å². The zero-order valence-corrected chi connectivity index (χ0v) is 11.9. The molecule has 1 rings (SSSR count). The number of hydrogen-bond acceptors (Lipinski definition) is 4. The van der Waals surface area contributed by atoms with E-state index in [9.17, 15) is 9.90 Å². The van der Waals surface area contributed by atoms with E-state index in [0.717, 1.165) is 45.2 Å². The summed E-state index contributed by atoms with van der Waals surface area (Å²) in [4.78, 5) is 14.0. The van der Waals surface area contributed by atoms with Crippen LogP contribution in [0.1, 0.15) is 46.0 Å². The van der Waals surface area contributed by atoms with Gasteiger partial charge in [-0.1, -0.05) is 19.8 Å². The molecule has 0 bridgehead atoms. The normalized spacial score (nSPS) is 21.6. The predicted molar refractivity (Wildman–Crippen MR) is 71.3 cm³/mol. The highest BCUT2D eigenvalue weighted by Crippen LogP contribution is 2.23. The summed E-state index contributed by atoms with van der Waals surface area (Å²) < 4.78 is 4.91. The Labute approximate surface area is 110 Å². The molecule has 4 nitrogen and oxygen atoms in total. The van der Waals surface area contributed by atoms with E-state index in [0.29, 0.717) is 5.92 Å². The second-order valence-corrected chi connectivity index (χ2v) is 5.30. The Bertz CT molecular complexity index is 247. The van der Waals surface area contributed by atoms with Crippen LogP contribution in [0, 0.1) is 5.92 Å². The van der Waals surface area contributed by atoms with Crippen molar-refractivity contribution in [2.75, 3.05) is 20.2 Å². The first kappa shape index (κ1) is 15.4. The maximum absolute atomic E-state index is 11.8. The van der Waals surface area contributed by atoms with Crippen LogP contribution in [-0.2, 0) is 9.53 Å². The average molecular weight is 257 g/mol. The van der Waals surface area contributed by atoms with Crippen molar-refractivity contribution < 1.29 is 14.6 Å². The van der Waals surface area contributed by atoms with E-state index in [-0.39, 0.29) is 18.1 Å². The van der Waals surface area contributed by atoms with Crippen molar-refractivity contribution in [1.29, 1.82) is 0 Å². The van der Waals surface area contributed by atoms with Crippen molar-refractivity contribution >= 4 is 5.97 Å². The summed E-state index contributed by atoms with van der Waals surface area (Å²) in [5.74, 6) is 0.268. The summed E-state index contributed by atoms with van der Waals surface area (Å²) in [5, 5.41) is 9.59. The number of ether oxygens (including phenoxy) is 1. The van der Waals surface area contributed by atoms with Gasteiger partial charge in [0.15, 0.2) is 0 Å². The van der Waals surface area contributed by atoms with Gasteiger partial charge >= 0.3 is 5.97 Å². The molecule has 106 valence electrons. The smallest absolute Gasteiger partial charge is 0.323 e. The summed E-state index contributed by atoms with van der Waals surface area (Å²) in [6.07, 6.45) is 4.73. The van der Waals surface area contributed by atoms with Crippen LogP contribution in [0.5, 0.6) is 0 Å². The maximum atomic E-state index is 11.8. The average Bonchev–Trinajstić information content (AvgIpc) is 2.39. The molecule has 0 spiro atoms. The van der Waals surface area contributed by atoms with E-state index in [4.69, 9.17) is 4.74 Å². The zero-order valence-electron chi connectivity index (χ0n) is 11.9. The van der Waals surface area contributed by atoms with Crippen LogP contribution in [0.3, 0.4) is 0 Å². The Kier molecular flexibility index (Phi) is 6.65. The monoisotopic (exact) mass is 257 g/mol. The lowest BCUT2D eigenvalue weighted by atomic mass is 9.91. The lowest BCUT2D eigenvalue weighted by molar-refractivity contribution is -0.148. The quantitative estimate of drug-likeness (QED) is 0.737. The van der Waals surface area contributed by atoms with E-state index in [1.165, 1.54) is 7.11 Å². The van der Waals surface area contributed by atoms with E-state index in [2.05, 4.69) is 11.8 Å². The largest absolute Gasteiger partial charge is 0.468 e. The van der Waals surface area contributed by atoms with Crippen molar-refractivity contribution in [3.8, 4) is 0 Å². The van der Waals surface area contributed by atoms with Crippen molar-refractivity contribution in [2.24, 2.45) is 5.92 Å². The van der Waals surface area contributed by atoms with Gasteiger partial charge in [-0.25, -0.2) is 0 Å². The van der Waals surface area contributed by atoms with Gasteiger partial charge < -0.3 is 9.84 Å². The maximum Gasteiger partial charge on any atom is 0.323 e. The fourth-order valence-electron chi connectivity index (χ4n) is 2.70. The minimum Gasteiger partial charge on any atom is -0.468 e. The Morgan fingerprint density at radius 2 is 2.06 bits per heavy atom. The van der Waals surface area contributed by atoms with Gasteiger partial charge in [0.25, 0.3) is 0 Å². The first-order valence-electron chi connectivity index (χ1n) is 7.10. The van der Waals surface area contributed by atoms with Crippen LogP contribution in [0.25, 0.3) is 0 Å². The highest BCUT2D eigenvalue weighted by atomic mass is 16.5. The first-order valence-corrected chi connectivity index (χ1v) is 7.10. The molecule has 4 heteroatoms. The number of aliphatic hydroxyl groups excluding tert-OH is 1. The summed E-state index contributed by atoms with van der Waals surface area (Å²) in [6, 6.07) is -0.0927. The molecule has 0 aromatic rings. The van der Waals surface area contributed by atoms with E-state index in [1.54, 1.807) is 0 Å². The minimum atomic E-state index is -0.237. The van der Waals surface area contributed by atoms with Gasteiger partial charge in [0, 0.05) is 0 Å². The van der Waals surface area contributed by atoms with Crippen LogP contribution in [0.15, 0.2) is 0 Å². The van der Waals surface area contributed by atoms with Gasteiger partial charge in [-0.3, -0.25) is 9.69 Å². The predicted octanol–water partition coefficient (Wildman–Crippen LogP) is 1.81. The fraction of sp³-hybridized carbons (Fsp3) is 0.929. The number of aliphatic hydroxyl groups is 1. The molecular formula is C14H27NO3. The SMILES string of the molecule is CCCCC(C(=O)OC)N1CCC(C(C)O)CC1. The van der Waals surface area contributed by atoms with E-state index < -0.39 is 0 Å². The molecule has 2 atom stereocenters. The third kappa shape index (κ3) is 4.25. The Hall–Kier alpha value is -0.610. The summed E-state index contributed by atoms with van der Waals surface area (Å²) >= 11 is 0. The number of rotatable bonds is 6. The van der Waals surface area contributed by atoms with Gasteiger partial charge in [-0.2, -0.15) is 0 Å². The molecule has 1 N–H and O–H groups in total. The number of hydrogen-bond donors (Lipinski definition) is 1. The van der Waals surface area contributed by atoms with Crippen LogP contribution in [-0.4, -0.2) is 48.3 Å². The molecule has 1 fully saturated rings. The van der Waals surface area contributed by atoms with Gasteiger partial charge in [0.05, 0.1) is 13.2 Å². The van der Waals surface area contributed by atoms with Gasteiger partial charge in [-0.15, -0.1) is 0 Å². The molecule has 1 saturated heterocycles. The number of nitrogens with zero attached hydrogens (tertiary/aromatic N) is 1. The van der Waals surface area contributed by atoms with Crippen molar-refractivity contribution in [3.63, 3.8) is 0 Å². The zero-order chi connectivity index (χ0) is 13.5. The molecule has 0 amide bonds. The fourth-order valence-corrected chi connectivity index (χ4v) is 2.70. The number of carbonyl (C=O) groups is 1. The molecule has 0 saturated carbocycles. The molecule has 0 aliphatic carbocycles. The van der Waals surface area contributed by atoms with Crippen LogP contribution >= 0.6 is 0 Å². The Morgan fingerprint density at radius 1 is 1.44 bits per heavy atom. The Balaban J connectivity index is 2.51. The first-order chi connectivity index (χ1) is 8.60. The van der Waals surface area contributed by atoms with Crippen molar-refractivity contribution in [1.82, 2.24) is 4.90 Å². The molecule has 18 heavy (non-hydrogen) atoms. The lowest BCUT2D eigenvalue weighted by Crippen LogP contribution is -2.47. The highest BCUT2D eigenvalue weighted by Gasteiger charge is 2.31. The topological polar surface area (TPSA) is 49.8 Å². The molecule has 1 heterocycles. The van der Waals surface area contributed by atoms with Gasteiger partial charge in [0.1, 0.15) is 6.04 Å². The van der Waals surface area contributed by atoms with Crippen LogP contribution in [0.2, 0.25) is 0 Å². The van der Waals surface area contributed by atoms with Crippen molar-refractivity contribution in [3.05, 3.63) is 0 Å². The number of methoxy groups -OCH3 is 1. The summed E-state index contributed by atoms with van der Waals surface area (Å²) in [5.41, 5.74) is 0. The van der Waals surface area contributed by atoms with Gasteiger partial charge in [-0.05, 0) is 45.2 Å². The number of esters is 1. The minimum absolute atomic E-state index is 0.0927. The number of unbranched alkanes of at least 4 members (excludes halogenated alkanes) is 1. The number of carbonyl (C=O) groups excluding carboxylic acids is 1. The van der Waals surface area contributed by atoms with Crippen LogP contribution in [0.4, 0.5) is 0 Å². The highest BCUT2D eigenvalue weighted by molar-refractivity contribution is 5.75. The molecule has 0 aromatic carbocycles. The molecule has 1 aliphatic rings. The standard InChI is InChI=1S/C14H27NO3/c1-4-5-6-13(14(17)18-3)15-9-7-12(8-10-15)11(2)16/h11-13,16H,4-10H2,1-3H3. The number of likely N-dealkylation sites (tertiary alicyclic amines) is 1. The van der Waals surface area contributed by atoms with E-state index in [1.807, 2.05) is 6.92 Å². The molecule has 2 unspecified atom stereocenters. The molecular weight excluding hydrogens is 230 g/mol. The lowest BCUT2D eigenvalue weighted by Gasteiger charge is -2.37. The van der Waals surface area contributed by atoms with Gasteiger partial charge in [0.2, 0.25) is 0 Å². The molecule has 0 aromatic heterocycles. The summed E-state index contributed by atoms with van der Waals surface area (Å²) in [7, 11) is 1.46.